The average molecular weight is 358 g/mol. The molecule has 0 spiro atoms. The lowest BCUT2D eigenvalue weighted by Crippen LogP contribution is -2.44. The van der Waals surface area contributed by atoms with Crippen LogP contribution in [0.25, 0.3) is 0 Å². The summed E-state index contributed by atoms with van der Waals surface area (Å²) in [6, 6.07) is 9.17. The van der Waals surface area contributed by atoms with Crippen LogP contribution >= 0.6 is 0 Å². The molecule has 0 aromatic heterocycles. The fourth-order valence-corrected chi connectivity index (χ4v) is 4.13. The van der Waals surface area contributed by atoms with Crippen molar-refractivity contribution in [3.05, 3.63) is 29.8 Å². The van der Waals surface area contributed by atoms with Gasteiger partial charge in [0, 0.05) is 38.9 Å². The Kier molecular flexibility index (Phi) is 6.78. The number of anilines is 1. The van der Waals surface area contributed by atoms with E-state index < -0.39 is 0 Å². The maximum atomic E-state index is 4.43. The van der Waals surface area contributed by atoms with Gasteiger partial charge in [0.25, 0.3) is 0 Å². The molecule has 2 atom stereocenters. The molecule has 2 heterocycles. The van der Waals surface area contributed by atoms with Crippen LogP contribution in [0.4, 0.5) is 5.69 Å². The maximum absolute atomic E-state index is 4.43. The van der Waals surface area contributed by atoms with E-state index in [9.17, 15) is 0 Å². The number of hydrogen-bond acceptors (Lipinski definition) is 3. The summed E-state index contributed by atoms with van der Waals surface area (Å²) >= 11 is 0. The van der Waals surface area contributed by atoms with E-state index in [1.54, 1.807) is 0 Å². The van der Waals surface area contributed by atoms with Gasteiger partial charge in [0.05, 0.1) is 6.04 Å². The predicted molar refractivity (Wildman–Crippen MR) is 111 cm³/mol. The normalized spacial score (nSPS) is 23.1. The van der Waals surface area contributed by atoms with Crippen molar-refractivity contribution in [1.82, 2.24) is 15.5 Å². The predicted octanol–water partition coefficient (Wildman–Crippen LogP) is 2.85. The van der Waals surface area contributed by atoms with E-state index in [4.69, 9.17) is 0 Å². The first-order valence-corrected chi connectivity index (χ1v) is 10.2. The van der Waals surface area contributed by atoms with Gasteiger partial charge >= 0.3 is 0 Å². The van der Waals surface area contributed by atoms with Crippen LogP contribution in [0.5, 0.6) is 0 Å². The molecule has 26 heavy (non-hydrogen) atoms. The van der Waals surface area contributed by atoms with E-state index >= 15 is 0 Å². The maximum Gasteiger partial charge on any atom is 0.191 e. The van der Waals surface area contributed by atoms with E-state index in [-0.39, 0.29) is 6.04 Å². The molecule has 2 aliphatic heterocycles. The SMILES string of the molecule is CN=C(NCC1CCCN(C)C1)NC(C)c1cccc(N2CCCC2)c1. The largest absolute Gasteiger partial charge is 0.372 e. The molecule has 1 aromatic rings. The molecular weight excluding hydrogens is 322 g/mol. The highest BCUT2D eigenvalue weighted by Crippen LogP contribution is 2.24. The zero-order valence-electron chi connectivity index (χ0n) is 16.7. The monoisotopic (exact) mass is 357 g/mol. The Hall–Kier alpha value is -1.75. The number of aliphatic imine (C=N–C) groups is 1. The number of hydrogen-bond donors (Lipinski definition) is 2. The van der Waals surface area contributed by atoms with Crippen LogP contribution in [-0.2, 0) is 0 Å². The molecule has 5 heteroatoms. The lowest BCUT2D eigenvalue weighted by Gasteiger charge is -2.30. The molecule has 2 unspecified atom stereocenters. The highest BCUT2D eigenvalue weighted by molar-refractivity contribution is 5.80. The molecule has 2 N–H and O–H groups in total. The van der Waals surface area contributed by atoms with Crippen molar-refractivity contribution in [2.75, 3.05) is 51.7 Å². The minimum atomic E-state index is 0.234. The van der Waals surface area contributed by atoms with Crippen LogP contribution in [0.15, 0.2) is 29.3 Å². The summed E-state index contributed by atoms with van der Waals surface area (Å²) in [4.78, 5) is 9.35. The molecule has 0 radical (unpaired) electrons. The molecule has 1 aromatic carbocycles. The van der Waals surface area contributed by atoms with Gasteiger partial charge in [0.1, 0.15) is 0 Å². The number of nitrogens with one attached hydrogen (secondary N) is 2. The number of piperidine rings is 1. The third kappa shape index (κ3) is 5.13. The van der Waals surface area contributed by atoms with Crippen molar-refractivity contribution >= 4 is 11.6 Å². The van der Waals surface area contributed by atoms with Crippen molar-refractivity contribution in [3.63, 3.8) is 0 Å². The first kappa shape index (κ1) is 19.0. The Morgan fingerprint density at radius 3 is 2.77 bits per heavy atom. The molecule has 2 fully saturated rings. The zero-order chi connectivity index (χ0) is 18.4. The van der Waals surface area contributed by atoms with Crippen LogP contribution in [0, 0.1) is 5.92 Å². The van der Waals surface area contributed by atoms with Gasteiger partial charge in [-0.1, -0.05) is 12.1 Å². The van der Waals surface area contributed by atoms with Gasteiger partial charge in [0.2, 0.25) is 0 Å². The quantitative estimate of drug-likeness (QED) is 0.628. The van der Waals surface area contributed by atoms with Gasteiger partial charge in [-0.3, -0.25) is 4.99 Å². The second-order valence-corrected chi connectivity index (χ2v) is 7.88. The second-order valence-electron chi connectivity index (χ2n) is 7.88. The minimum absolute atomic E-state index is 0.234. The highest BCUT2D eigenvalue weighted by Gasteiger charge is 2.18. The van der Waals surface area contributed by atoms with E-state index in [0.717, 1.165) is 12.5 Å². The van der Waals surface area contributed by atoms with Crippen molar-refractivity contribution in [2.24, 2.45) is 10.9 Å². The number of rotatable bonds is 5. The second kappa shape index (κ2) is 9.26. The van der Waals surface area contributed by atoms with Crippen molar-refractivity contribution in [3.8, 4) is 0 Å². The zero-order valence-corrected chi connectivity index (χ0v) is 16.7. The molecule has 5 nitrogen and oxygen atoms in total. The average Bonchev–Trinajstić information content (AvgIpc) is 3.20. The van der Waals surface area contributed by atoms with E-state index in [1.807, 2.05) is 7.05 Å². The van der Waals surface area contributed by atoms with E-state index in [2.05, 4.69) is 63.7 Å². The Morgan fingerprint density at radius 1 is 1.23 bits per heavy atom. The number of likely N-dealkylation sites (tertiary alicyclic amines) is 1. The third-order valence-corrected chi connectivity index (χ3v) is 5.70. The summed E-state index contributed by atoms with van der Waals surface area (Å²) in [6.07, 6.45) is 5.23. The van der Waals surface area contributed by atoms with E-state index in [0.29, 0.717) is 5.92 Å². The van der Waals surface area contributed by atoms with Gasteiger partial charge in [-0.15, -0.1) is 0 Å². The molecule has 2 aliphatic rings. The highest BCUT2D eigenvalue weighted by atomic mass is 15.2. The fourth-order valence-electron chi connectivity index (χ4n) is 4.13. The summed E-state index contributed by atoms with van der Waals surface area (Å²) in [6.45, 7) is 7.98. The topological polar surface area (TPSA) is 42.9 Å². The summed E-state index contributed by atoms with van der Waals surface area (Å²) < 4.78 is 0. The Morgan fingerprint density at radius 2 is 2.04 bits per heavy atom. The number of guanidine groups is 1. The Balaban J connectivity index is 1.53. The molecule has 0 bridgehead atoms. The fraction of sp³-hybridized carbons (Fsp3) is 0.667. The minimum Gasteiger partial charge on any atom is -0.372 e. The summed E-state index contributed by atoms with van der Waals surface area (Å²) in [5.74, 6) is 1.61. The van der Waals surface area contributed by atoms with Gasteiger partial charge < -0.3 is 20.4 Å². The molecule has 0 amide bonds. The molecule has 0 saturated carbocycles. The van der Waals surface area contributed by atoms with Gasteiger partial charge in [0.15, 0.2) is 5.96 Å². The van der Waals surface area contributed by atoms with E-state index in [1.165, 1.54) is 63.1 Å². The Labute approximate surface area is 158 Å². The van der Waals surface area contributed by atoms with Gasteiger partial charge in [-0.2, -0.15) is 0 Å². The number of nitrogens with zero attached hydrogens (tertiary/aromatic N) is 3. The summed E-state index contributed by atoms with van der Waals surface area (Å²) in [5, 5.41) is 7.09. The first-order chi connectivity index (χ1) is 12.7. The molecule has 2 saturated heterocycles. The standard InChI is InChI=1S/C21H35N5/c1-17(19-9-6-10-20(14-19)26-12-4-5-13-26)24-21(22-2)23-15-18-8-7-11-25(3)16-18/h6,9-10,14,17-18H,4-5,7-8,11-13,15-16H2,1-3H3,(H2,22,23,24). The lowest BCUT2D eigenvalue weighted by molar-refractivity contribution is 0.210. The van der Waals surface area contributed by atoms with Gasteiger partial charge in [-0.25, -0.2) is 0 Å². The van der Waals surface area contributed by atoms with Crippen LogP contribution in [0.1, 0.15) is 44.2 Å². The van der Waals surface area contributed by atoms with Crippen LogP contribution in [-0.4, -0.2) is 57.7 Å². The lowest BCUT2D eigenvalue weighted by atomic mass is 9.98. The number of benzene rings is 1. The van der Waals surface area contributed by atoms with Gasteiger partial charge in [-0.05, 0) is 69.8 Å². The molecule has 0 aliphatic carbocycles. The first-order valence-electron chi connectivity index (χ1n) is 10.2. The van der Waals surface area contributed by atoms with Crippen molar-refractivity contribution in [2.45, 2.75) is 38.6 Å². The van der Waals surface area contributed by atoms with Crippen molar-refractivity contribution in [1.29, 1.82) is 0 Å². The summed E-state index contributed by atoms with van der Waals surface area (Å²) in [7, 11) is 4.07. The van der Waals surface area contributed by atoms with Crippen LogP contribution in [0.2, 0.25) is 0 Å². The molecule has 144 valence electrons. The third-order valence-electron chi connectivity index (χ3n) is 5.70. The smallest absolute Gasteiger partial charge is 0.191 e. The Bertz CT molecular complexity index is 594. The van der Waals surface area contributed by atoms with Crippen LogP contribution < -0.4 is 15.5 Å². The van der Waals surface area contributed by atoms with Crippen LogP contribution in [0.3, 0.4) is 0 Å². The molecule has 3 rings (SSSR count). The summed E-state index contributed by atoms with van der Waals surface area (Å²) in [5.41, 5.74) is 2.66. The van der Waals surface area contributed by atoms with Crippen molar-refractivity contribution < 1.29 is 0 Å². The molecular formula is C21H35N5.